The molecular weight excluding hydrogens is 262 g/mol. The van der Waals surface area contributed by atoms with E-state index >= 15 is 0 Å². The van der Waals surface area contributed by atoms with Crippen LogP contribution in [-0.4, -0.2) is 17.3 Å². The van der Waals surface area contributed by atoms with Crippen molar-refractivity contribution >= 4 is 26.9 Å². The van der Waals surface area contributed by atoms with Gasteiger partial charge in [0.15, 0.2) is 17.1 Å². The van der Waals surface area contributed by atoms with Gasteiger partial charge < -0.3 is 14.0 Å². The fourth-order valence-electron chi connectivity index (χ4n) is 1.65. The molecule has 0 fully saturated rings. The van der Waals surface area contributed by atoms with E-state index in [1.807, 2.05) is 12.1 Å². The van der Waals surface area contributed by atoms with Crippen molar-refractivity contribution in [3.8, 4) is 11.5 Å². The maximum absolute atomic E-state index is 5.31. The molecule has 0 spiro atoms. The van der Waals surface area contributed by atoms with Crippen molar-refractivity contribution in [1.29, 1.82) is 0 Å². The number of hydrogen-bond acceptors (Lipinski definition) is 4. The van der Waals surface area contributed by atoms with Crippen molar-refractivity contribution in [2.24, 2.45) is 0 Å². The molecule has 1 aliphatic heterocycles. The summed E-state index contributed by atoms with van der Waals surface area (Å²) in [7, 11) is 0. The third-order valence-electron chi connectivity index (χ3n) is 2.37. The van der Waals surface area contributed by atoms with Gasteiger partial charge in [0, 0.05) is 23.2 Å². The molecule has 15 heavy (non-hydrogen) atoms. The number of ether oxygens (including phenoxy) is 2. The van der Waals surface area contributed by atoms with Gasteiger partial charge in [0.05, 0.1) is 5.69 Å². The van der Waals surface area contributed by atoms with E-state index < -0.39 is 0 Å². The fraction of sp³-hybridized carbons (Fsp3) is 0.300. The van der Waals surface area contributed by atoms with Gasteiger partial charge in [-0.05, 0) is 6.07 Å². The third kappa shape index (κ3) is 1.38. The summed E-state index contributed by atoms with van der Waals surface area (Å²) >= 11 is 3.38. The van der Waals surface area contributed by atoms with Crippen LogP contribution in [0.3, 0.4) is 0 Å². The smallest absolute Gasteiger partial charge is 0.231 e. The first-order valence-corrected chi connectivity index (χ1v) is 5.74. The normalized spacial score (nSPS) is 13.7. The molecule has 0 saturated heterocycles. The molecule has 78 valence electrons. The van der Waals surface area contributed by atoms with E-state index in [2.05, 4.69) is 21.1 Å². The van der Waals surface area contributed by atoms with Crippen molar-refractivity contribution in [3.63, 3.8) is 0 Å². The molecule has 4 nitrogen and oxygen atoms in total. The number of aromatic nitrogens is 1. The number of benzene rings is 1. The van der Waals surface area contributed by atoms with Gasteiger partial charge in [-0.2, -0.15) is 0 Å². The summed E-state index contributed by atoms with van der Waals surface area (Å²) in [5, 5.41) is 5.87. The third-order valence-corrected chi connectivity index (χ3v) is 2.77. The Balaban J connectivity index is 2.18. The number of alkyl halides is 1. The van der Waals surface area contributed by atoms with Crippen molar-refractivity contribution in [2.45, 2.75) is 6.42 Å². The minimum atomic E-state index is 0.281. The molecule has 0 bridgehead atoms. The SMILES string of the molecule is BrCCc1noc2cc3c(cc12)OCO3. The first-order chi connectivity index (χ1) is 7.38. The topological polar surface area (TPSA) is 44.5 Å². The Morgan fingerprint density at radius 1 is 1.27 bits per heavy atom. The van der Waals surface area contributed by atoms with Crippen LogP contribution in [0.15, 0.2) is 16.7 Å². The first kappa shape index (κ1) is 9.03. The summed E-state index contributed by atoms with van der Waals surface area (Å²) < 4.78 is 15.8. The summed E-state index contributed by atoms with van der Waals surface area (Å²) in [6, 6.07) is 3.74. The van der Waals surface area contributed by atoms with Crippen LogP contribution in [0.25, 0.3) is 11.0 Å². The van der Waals surface area contributed by atoms with E-state index in [0.29, 0.717) is 0 Å². The molecule has 2 aromatic rings. The van der Waals surface area contributed by atoms with Crippen LogP contribution in [0.1, 0.15) is 5.69 Å². The Morgan fingerprint density at radius 3 is 2.87 bits per heavy atom. The number of hydrogen-bond donors (Lipinski definition) is 0. The highest BCUT2D eigenvalue weighted by Gasteiger charge is 2.18. The van der Waals surface area contributed by atoms with Crippen molar-refractivity contribution in [1.82, 2.24) is 5.16 Å². The lowest BCUT2D eigenvalue weighted by atomic mass is 10.1. The lowest BCUT2D eigenvalue weighted by Crippen LogP contribution is -1.92. The zero-order chi connectivity index (χ0) is 10.3. The fourth-order valence-corrected chi connectivity index (χ4v) is 2.02. The van der Waals surface area contributed by atoms with Crippen LogP contribution in [0, 0.1) is 0 Å². The number of rotatable bonds is 2. The van der Waals surface area contributed by atoms with Crippen molar-refractivity contribution in [2.75, 3.05) is 12.1 Å². The Labute approximate surface area is 94.3 Å². The molecule has 1 aliphatic rings. The summed E-state index contributed by atoms with van der Waals surface area (Å²) in [6.07, 6.45) is 0.840. The second-order valence-corrected chi connectivity index (χ2v) is 4.06. The number of halogens is 1. The Hall–Kier alpha value is -1.23. The van der Waals surface area contributed by atoms with Gasteiger partial charge in [-0.15, -0.1) is 0 Å². The van der Waals surface area contributed by atoms with Crippen LogP contribution in [0.5, 0.6) is 11.5 Å². The van der Waals surface area contributed by atoms with E-state index in [4.69, 9.17) is 14.0 Å². The average molecular weight is 270 g/mol. The van der Waals surface area contributed by atoms with Crippen LogP contribution in [0.4, 0.5) is 0 Å². The molecule has 1 aromatic carbocycles. The molecule has 0 aliphatic carbocycles. The van der Waals surface area contributed by atoms with Gasteiger partial charge in [0.1, 0.15) is 0 Å². The predicted molar refractivity (Wildman–Crippen MR) is 57.6 cm³/mol. The summed E-state index contributed by atoms with van der Waals surface area (Å²) in [4.78, 5) is 0. The van der Waals surface area contributed by atoms with E-state index in [0.717, 1.165) is 39.9 Å². The van der Waals surface area contributed by atoms with E-state index in [-0.39, 0.29) is 6.79 Å². The molecule has 0 atom stereocenters. The molecular formula is C10H8BrNO3. The Bertz CT molecular complexity index is 509. The zero-order valence-electron chi connectivity index (χ0n) is 7.83. The van der Waals surface area contributed by atoms with Gasteiger partial charge in [0.25, 0.3) is 0 Å². The van der Waals surface area contributed by atoms with Gasteiger partial charge in [0.2, 0.25) is 6.79 Å². The molecule has 0 radical (unpaired) electrons. The average Bonchev–Trinajstić information content (AvgIpc) is 2.82. The van der Waals surface area contributed by atoms with E-state index in [1.54, 1.807) is 0 Å². The lowest BCUT2D eigenvalue weighted by Gasteiger charge is -1.95. The minimum Gasteiger partial charge on any atom is -0.454 e. The van der Waals surface area contributed by atoms with Crippen molar-refractivity contribution in [3.05, 3.63) is 17.8 Å². The standard InChI is InChI=1S/C10H8BrNO3/c11-2-1-7-6-3-9-10(14-5-13-9)4-8(6)15-12-7/h3-4H,1-2,5H2. The summed E-state index contributed by atoms with van der Waals surface area (Å²) in [5.41, 5.74) is 1.69. The van der Waals surface area contributed by atoms with Gasteiger partial charge in [-0.3, -0.25) is 0 Å². The van der Waals surface area contributed by atoms with Crippen LogP contribution >= 0.6 is 15.9 Å². The maximum atomic E-state index is 5.31. The monoisotopic (exact) mass is 269 g/mol. The van der Waals surface area contributed by atoms with Crippen LogP contribution in [0.2, 0.25) is 0 Å². The van der Waals surface area contributed by atoms with Crippen LogP contribution in [-0.2, 0) is 6.42 Å². The highest BCUT2D eigenvalue weighted by molar-refractivity contribution is 9.09. The van der Waals surface area contributed by atoms with E-state index in [1.165, 1.54) is 0 Å². The largest absolute Gasteiger partial charge is 0.454 e. The van der Waals surface area contributed by atoms with Crippen LogP contribution < -0.4 is 9.47 Å². The zero-order valence-corrected chi connectivity index (χ0v) is 9.41. The molecule has 0 amide bonds. The van der Waals surface area contributed by atoms with Crippen molar-refractivity contribution < 1.29 is 14.0 Å². The highest BCUT2D eigenvalue weighted by atomic mass is 79.9. The molecule has 2 heterocycles. The minimum absolute atomic E-state index is 0.281. The molecule has 0 saturated carbocycles. The molecule has 0 unspecified atom stereocenters. The Morgan fingerprint density at radius 2 is 2.07 bits per heavy atom. The predicted octanol–water partition coefficient (Wildman–Crippen LogP) is 2.49. The van der Waals surface area contributed by atoms with Gasteiger partial charge in [-0.25, -0.2) is 0 Å². The van der Waals surface area contributed by atoms with Gasteiger partial charge >= 0.3 is 0 Å². The quantitative estimate of drug-likeness (QED) is 0.786. The first-order valence-electron chi connectivity index (χ1n) is 4.62. The highest BCUT2D eigenvalue weighted by Crippen LogP contribution is 2.37. The van der Waals surface area contributed by atoms with Gasteiger partial charge in [-0.1, -0.05) is 21.1 Å². The number of fused-ring (bicyclic) bond motifs is 2. The summed E-state index contributed by atoms with van der Waals surface area (Å²) in [6.45, 7) is 0.281. The summed E-state index contributed by atoms with van der Waals surface area (Å²) in [5.74, 6) is 1.49. The lowest BCUT2D eigenvalue weighted by molar-refractivity contribution is 0.174. The maximum Gasteiger partial charge on any atom is 0.231 e. The molecule has 0 N–H and O–H groups in total. The number of nitrogens with zero attached hydrogens (tertiary/aromatic N) is 1. The second kappa shape index (κ2) is 3.41. The number of aryl methyl sites for hydroxylation is 1. The molecule has 3 rings (SSSR count). The molecule has 5 heteroatoms. The second-order valence-electron chi connectivity index (χ2n) is 3.27. The molecule has 1 aromatic heterocycles. The van der Waals surface area contributed by atoms with E-state index in [9.17, 15) is 0 Å². The Kier molecular flexibility index (Phi) is 2.05.